The van der Waals surface area contributed by atoms with Crippen molar-refractivity contribution in [1.82, 2.24) is 14.7 Å². The van der Waals surface area contributed by atoms with E-state index in [-0.39, 0.29) is 0 Å². The summed E-state index contributed by atoms with van der Waals surface area (Å²) in [6, 6.07) is 2.71. The standard InChI is InChI=1S/C27H57N3/c1-10-12-19-29(22(3)4)20-24(7)27(16-11-2)30(23(5)6)21-25(8)26-17-14-13-15-18-28(26)9/h22-27H,10-21H2,1-9H3. The van der Waals surface area contributed by atoms with Gasteiger partial charge in [-0.3, -0.25) is 4.90 Å². The Balaban J connectivity index is 2.90. The van der Waals surface area contributed by atoms with Gasteiger partial charge in [0.2, 0.25) is 0 Å². The molecule has 1 aliphatic heterocycles. The van der Waals surface area contributed by atoms with E-state index in [9.17, 15) is 0 Å². The second-order valence-electron chi connectivity index (χ2n) is 10.9. The van der Waals surface area contributed by atoms with Gasteiger partial charge in [0, 0.05) is 37.3 Å². The zero-order valence-electron chi connectivity index (χ0n) is 22.3. The average molecular weight is 424 g/mol. The van der Waals surface area contributed by atoms with Crippen molar-refractivity contribution in [2.75, 3.05) is 33.2 Å². The molecule has 0 saturated carbocycles. The lowest BCUT2D eigenvalue weighted by atomic mass is 9.90. The Morgan fingerprint density at radius 1 is 0.867 bits per heavy atom. The van der Waals surface area contributed by atoms with Gasteiger partial charge in [-0.25, -0.2) is 0 Å². The van der Waals surface area contributed by atoms with E-state index >= 15 is 0 Å². The predicted molar refractivity (Wildman–Crippen MR) is 135 cm³/mol. The van der Waals surface area contributed by atoms with E-state index in [4.69, 9.17) is 0 Å². The SMILES string of the molecule is CCCCN(CC(C)C(CCC)N(CC(C)C1CCCCCN1C)C(C)C)C(C)C. The van der Waals surface area contributed by atoms with Crippen molar-refractivity contribution < 1.29 is 0 Å². The highest BCUT2D eigenvalue weighted by molar-refractivity contribution is 4.86. The summed E-state index contributed by atoms with van der Waals surface area (Å²) in [5.74, 6) is 1.45. The van der Waals surface area contributed by atoms with Gasteiger partial charge in [0.15, 0.2) is 0 Å². The first-order chi connectivity index (χ1) is 14.2. The van der Waals surface area contributed by atoms with Gasteiger partial charge in [-0.05, 0) is 85.4 Å². The molecule has 0 aromatic rings. The molecule has 0 aromatic heterocycles. The third-order valence-corrected chi connectivity index (χ3v) is 7.61. The predicted octanol–water partition coefficient (Wildman–Crippen LogP) is 6.52. The van der Waals surface area contributed by atoms with Crippen LogP contribution in [0.4, 0.5) is 0 Å². The molecule has 0 aliphatic carbocycles. The van der Waals surface area contributed by atoms with Crippen LogP contribution in [0.15, 0.2) is 0 Å². The molecule has 180 valence electrons. The Bertz CT molecular complexity index is 422. The lowest BCUT2D eigenvalue weighted by molar-refractivity contribution is 0.0473. The van der Waals surface area contributed by atoms with E-state index in [1.807, 2.05) is 0 Å². The van der Waals surface area contributed by atoms with Gasteiger partial charge in [0.25, 0.3) is 0 Å². The zero-order valence-corrected chi connectivity index (χ0v) is 22.3. The lowest BCUT2D eigenvalue weighted by Gasteiger charge is -2.44. The molecule has 1 saturated heterocycles. The lowest BCUT2D eigenvalue weighted by Crippen LogP contribution is -2.51. The summed E-state index contributed by atoms with van der Waals surface area (Å²) in [5, 5.41) is 0. The zero-order chi connectivity index (χ0) is 22.7. The Morgan fingerprint density at radius 3 is 2.13 bits per heavy atom. The maximum Gasteiger partial charge on any atom is 0.0136 e. The minimum atomic E-state index is 0.616. The first kappa shape index (κ1) is 27.9. The molecule has 1 aliphatic rings. The van der Waals surface area contributed by atoms with Crippen molar-refractivity contribution in [2.24, 2.45) is 11.8 Å². The van der Waals surface area contributed by atoms with E-state index in [1.165, 1.54) is 77.5 Å². The van der Waals surface area contributed by atoms with Crippen molar-refractivity contribution in [3.8, 4) is 0 Å². The molecule has 3 nitrogen and oxygen atoms in total. The number of rotatable bonds is 14. The van der Waals surface area contributed by atoms with Crippen molar-refractivity contribution in [3.63, 3.8) is 0 Å². The largest absolute Gasteiger partial charge is 0.303 e. The second-order valence-corrected chi connectivity index (χ2v) is 10.9. The van der Waals surface area contributed by atoms with Gasteiger partial charge < -0.3 is 9.80 Å². The smallest absolute Gasteiger partial charge is 0.0136 e. The van der Waals surface area contributed by atoms with E-state index in [1.54, 1.807) is 0 Å². The minimum absolute atomic E-state index is 0.616. The summed E-state index contributed by atoms with van der Waals surface area (Å²) < 4.78 is 0. The highest BCUT2D eigenvalue weighted by Crippen LogP contribution is 2.27. The molecular formula is C27H57N3. The van der Waals surface area contributed by atoms with Crippen LogP contribution >= 0.6 is 0 Å². The molecule has 4 atom stereocenters. The van der Waals surface area contributed by atoms with Gasteiger partial charge in [0.05, 0.1) is 0 Å². The van der Waals surface area contributed by atoms with Crippen LogP contribution < -0.4 is 0 Å². The molecule has 30 heavy (non-hydrogen) atoms. The number of likely N-dealkylation sites (tertiary alicyclic amines) is 1. The summed E-state index contributed by atoms with van der Waals surface area (Å²) in [7, 11) is 2.37. The fraction of sp³-hybridized carbons (Fsp3) is 1.00. The van der Waals surface area contributed by atoms with Crippen LogP contribution in [0.5, 0.6) is 0 Å². The quantitative estimate of drug-likeness (QED) is 0.315. The number of hydrogen-bond acceptors (Lipinski definition) is 3. The summed E-state index contributed by atoms with van der Waals surface area (Å²) in [5.41, 5.74) is 0. The molecule has 1 rings (SSSR count). The highest BCUT2D eigenvalue weighted by Gasteiger charge is 2.31. The Kier molecular flexibility index (Phi) is 13.8. The van der Waals surface area contributed by atoms with Crippen LogP contribution in [0, 0.1) is 11.8 Å². The molecule has 3 heteroatoms. The Hall–Kier alpha value is -0.120. The first-order valence-corrected chi connectivity index (χ1v) is 13.4. The highest BCUT2D eigenvalue weighted by atomic mass is 15.2. The fourth-order valence-electron chi connectivity index (χ4n) is 5.67. The van der Waals surface area contributed by atoms with Gasteiger partial charge in [-0.2, -0.15) is 0 Å². The third kappa shape index (κ3) is 9.17. The van der Waals surface area contributed by atoms with Gasteiger partial charge in [-0.1, -0.05) is 53.4 Å². The number of nitrogens with zero attached hydrogens (tertiary/aromatic N) is 3. The molecule has 0 aromatic carbocycles. The van der Waals surface area contributed by atoms with Gasteiger partial charge in [-0.15, -0.1) is 0 Å². The Morgan fingerprint density at radius 2 is 1.57 bits per heavy atom. The topological polar surface area (TPSA) is 9.72 Å². The summed E-state index contributed by atoms with van der Waals surface area (Å²) in [4.78, 5) is 8.29. The summed E-state index contributed by atoms with van der Waals surface area (Å²) in [6.07, 6.45) is 10.8. The van der Waals surface area contributed by atoms with Crippen molar-refractivity contribution >= 4 is 0 Å². The Labute approximate surface area is 191 Å². The molecule has 0 amide bonds. The van der Waals surface area contributed by atoms with Crippen LogP contribution in [0.25, 0.3) is 0 Å². The number of unbranched alkanes of at least 4 members (excludes halogenated alkanes) is 1. The van der Waals surface area contributed by atoms with E-state index in [0.717, 1.165) is 12.0 Å². The van der Waals surface area contributed by atoms with E-state index < -0.39 is 0 Å². The normalized spacial score (nSPS) is 22.1. The van der Waals surface area contributed by atoms with Crippen LogP contribution in [-0.2, 0) is 0 Å². The molecule has 0 spiro atoms. The van der Waals surface area contributed by atoms with Crippen molar-refractivity contribution in [2.45, 2.75) is 131 Å². The van der Waals surface area contributed by atoms with Crippen LogP contribution in [0.2, 0.25) is 0 Å². The average Bonchev–Trinajstić information content (AvgIpc) is 2.91. The maximum absolute atomic E-state index is 2.88. The van der Waals surface area contributed by atoms with Gasteiger partial charge in [0.1, 0.15) is 0 Å². The van der Waals surface area contributed by atoms with Crippen LogP contribution in [0.1, 0.15) is 107 Å². The maximum atomic E-state index is 2.88. The van der Waals surface area contributed by atoms with Crippen molar-refractivity contribution in [3.05, 3.63) is 0 Å². The molecule has 1 heterocycles. The first-order valence-electron chi connectivity index (χ1n) is 13.4. The molecule has 1 fully saturated rings. The minimum Gasteiger partial charge on any atom is -0.303 e. The molecule has 4 unspecified atom stereocenters. The fourth-order valence-corrected chi connectivity index (χ4v) is 5.67. The second kappa shape index (κ2) is 14.9. The number of hydrogen-bond donors (Lipinski definition) is 0. The van der Waals surface area contributed by atoms with Crippen LogP contribution in [0.3, 0.4) is 0 Å². The molecular weight excluding hydrogens is 366 g/mol. The summed E-state index contributed by atoms with van der Waals surface area (Å²) >= 11 is 0. The monoisotopic (exact) mass is 423 g/mol. The molecule has 0 radical (unpaired) electrons. The molecule has 0 N–H and O–H groups in total. The summed E-state index contributed by atoms with van der Waals surface area (Å²) in [6.45, 7) is 24.4. The van der Waals surface area contributed by atoms with Gasteiger partial charge >= 0.3 is 0 Å². The third-order valence-electron chi connectivity index (χ3n) is 7.61. The molecule has 0 bridgehead atoms. The van der Waals surface area contributed by atoms with E-state index in [0.29, 0.717) is 24.0 Å². The van der Waals surface area contributed by atoms with E-state index in [2.05, 4.69) is 77.1 Å². The van der Waals surface area contributed by atoms with Crippen LogP contribution in [-0.4, -0.2) is 72.1 Å². The van der Waals surface area contributed by atoms with Crippen molar-refractivity contribution in [1.29, 1.82) is 0 Å².